The standard InChI is InChI=1S/C17H13ClN4O/c18-13-6-7-14-12(8-13)9-15(20-14)16-21-22-17(23-16)19-10-11-4-2-1-3-5-11/h1-9,20H,10H2,(H,19,22). The van der Waals surface area contributed by atoms with Crippen LogP contribution in [0.4, 0.5) is 6.01 Å². The van der Waals surface area contributed by atoms with E-state index >= 15 is 0 Å². The molecule has 6 heteroatoms. The van der Waals surface area contributed by atoms with Crippen LogP contribution in [0.5, 0.6) is 0 Å². The van der Waals surface area contributed by atoms with Gasteiger partial charge >= 0.3 is 6.01 Å². The molecule has 0 aliphatic heterocycles. The molecule has 0 unspecified atom stereocenters. The lowest BCUT2D eigenvalue weighted by Gasteiger charge is -2.00. The van der Waals surface area contributed by atoms with Crippen molar-refractivity contribution in [3.8, 4) is 11.6 Å². The van der Waals surface area contributed by atoms with Crippen LogP contribution >= 0.6 is 11.6 Å². The van der Waals surface area contributed by atoms with Gasteiger partial charge < -0.3 is 14.7 Å². The molecule has 0 amide bonds. The van der Waals surface area contributed by atoms with Gasteiger partial charge in [0.25, 0.3) is 5.89 Å². The number of H-pyrrole nitrogens is 1. The van der Waals surface area contributed by atoms with Crippen LogP contribution in [0.3, 0.4) is 0 Å². The van der Waals surface area contributed by atoms with E-state index in [2.05, 4.69) is 20.5 Å². The van der Waals surface area contributed by atoms with Gasteiger partial charge in [-0.1, -0.05) is 47.0 Å². The van der Waals surface area contributed by atoms with Crippen molar-refractivity contribution < 1.29 is 4.42 Å². The van der Waals surface area contributed by atoms with Crippen LogP contribution < -0.4 is 5.32 Å². The van der Waals surface area contributed by atoms with Gasteiger partial charge in [-0.15, -0.1) is 5.10 Å². The minimum atomic E-state index is 0.389. The third-order valence-electron chi connectivity index (χ3n) is 3.52. The molecule has 0 fully saturated rings. The molecular weight excluding hydrogens is 312 g/mol. The zero-order valence-electron chi connectivity index (χ0n) is 12.1. The Kier molecular flexibility index (Phi) is 3.48. The number of nitrogens with one attached hydrogen (secondary N) is 2. The minimum absolute atomic E-state index is 0.389. The SMILES string of the molecule is Clc1ccc2[nH]c(-c3nnc(NCc4ccccc4)o3)cc2c1. The molecule has 4 aromatic rings. The van der Waals surface area contributed by atoms with E-state index in [1.165, 1.54) is 0 Å². The van der Waals surface area contributed by atoms with E-state index < -0.39 is 0 Å². The molecule has 0 aliphatic rings. The Labute approximate surface area is 137 Å². The zero-order chi connectivity index (χ0) is 15.6. The van der Waals surface area contributed by atoms with Gasteiger partial charge in [0.1, 0.15) is 5.69 Å². The molecule has 2 aromatic heterocycles. The molecular formula is C17H13ClN4O. The highest BCUT2D eigenvalue weighted by Gasteiger charge is 2.11. The maximum atomic E-state index is 6.00. The van der Waals surface area contributed by atoms with Crippen molar-refractivity contribution >= 4 is 28.5 Å². The lowest BCUT2D eigenvalue weighted by atomic mass is 10.2. The highest BCUT2D eigenvalue weighted by Crippen LogP contribution is 2.26. The van der Waals surface area contributed by atoms with E-state index in [1.807, 2.05) is 54.6 Å². The Hall–Kier alpha value is -2.79. The first-order valence-electron chi connectivity index (χ1n) is 7.18. The summed E-state index contributed by atoms with van der Waals surface area (Å²) in [5, 5.41) is 12.9. The summed E-state index contributed by atoms with van der Waals surface area (Å²) in [6, 6.07) is 18.0. The summed E-state index contributed by atoms with van der Waals surface area (Å²) in [5.74, 6) is 0.438. The van der Waals surface area contributed by atoms with Crippen molar-refractivity contribution in [1.29, 1.82) is 0 Å². The van der Waals surface area contributed by atoms with E-state index in [-0.39, 0.29) is 0 Å². The summed E-state index contributed by atoms with van der Waals surface area (Å²) in [6.45, 7) is 0.630. The first kappa shape index (κ1) is 13.8. The van der Waals surface area contributed by atoms with Crippen LogP contribution in [0.25, 0.3) is 22.5 Å². The molecule has 2 aromatic carbocycles. The monoisotopic (exact) mass is 324 g/mol. The van der Waals surface area contributed by atoms with Crippen LogP contribution in [0, 0.1) is 0 Å². The number of aromatic nitrogens is 3. The molecule has 23 heavy (non-hydrogen) atoms. The second kappa shape index (κ2) is 5.78. The third-order valence-corrected chi connectivity index (χ3v) is 3.76. The van der Waals surface area contributed by atoms with Gasteiger partial charge in [0.15, 0.2) is 0 Å². The van der Waals surface area contributed by atoms with Crippen LogP contribution in [0.15, 0.2) is 59.0 Å². The number of benzene rings is 2. The Morgan fingerprint density at radius 1 is 1.04 bits per heavy atom. The van der Waals surface area contributed by atoms with Crippen molar-refractivity contribution in [2.75, 3.05) is 5.32 Å². The highest BCUT2D eigenvalue weighted by molar-refractivity contribution is 6.31. The lowest BCUT2D eigenvalue weighted by Crippen LogP contribution is -1.98. The van der Waals surface area contributed by atoms with Gasteiger partial charge in [-0.05, 0) is 29.8 Å². The van der Waals surface area contributed by atoms with E-state index in [0.717, 1.165) is 22.2 Å². The maximum Gasteiger partial charge on any atom is 0.316 e. The smallest absolute Gasteiger partial charge is 0.316 e. The van der Waals surface area contributed by atoms with Crippen molar-refractivity contribution in [3.05, 3.63) is 65.2 Å². The van der Waals surface area contributed by atoms with Crippen LogP contribution in [0.2, 0.25) is 5.02 Å². The van der Waals surface area contributed by atoms with Gasteiger partial charge in [0.05, 0.1) is 0 Å². The molecule has 2 N–H and O–H groups in total. The number of rotatable bonds is 4. The predicted molar refractivity (Wildman–Crippen MR) is 90.4 cm³/mol. The largest absolute Gasteiger partial charge is 0.402 e. The third kappa shape index (κ3) is 2.91. The summed E-state index contributed by atoms with van der Waals surface area (Å²) in [4.78, 5) is 3.24. The van der Waals surface area contributed by atoms with Gasteiger partial charge in [-0.25, -0.2) is 0 Å². The fourth-order valence-electron chi connectivity index (χ4n) is 2.40. The summed E-state index contributed by atoms with van der Waals surface area (Å²) >= 11 is 6.00. The molecule has 0 bridgehead atoms. The summed E-state index contributed by atoms with van der Waals surface area (Å²) in [5.41, 5.74) is 2.89. The van der Waals surface area contributed by atoms with Crippen molar-refractivity contribution in [2.24, 2.45) is 0 Å². The van der Waals surface area contributed by atoms with Crippen molar-refractivity contribution in [1.82, 2.24) is 15.2 Å². The molecule has 4 rings (SSSR count). The molecule has 0 aliphatic carbocycles. The molecule has 5 nitrogen and oxygen atoms in total. The normalized spacial score (nSPS) is 11.0. The molecule has 0 radical (unpaired) electrons. The fourth-order valence-corrected chi connectivity index (χ4v) is 2.58. The average molecular weight is 325 g/mol. The predicted octanol–water partition coefficient (Wildman–Crippen LogP) is 4.48. The average Bonchev–Trinajstić information content (AvgIpc) is 3.20. The minimum Gasteiger partial charge on any atom is -0.402 e. The fraction of sp³-hybridized carbons (Fsp3) is 0.0588. The quantitative estimate of drug-likeness (QED) is 0.580. The first-order valence-corrected chi connectivity index (χ1v) is 7.56. The molecule has 0 atom stereocenters. The molecule has 114 valence electrons. The second-order valence-corrected chi connectivity index (χ2v) is 5.60. The van der Waals surface area contributed by atoms with Gasteiger partial charge in [0, 0.05) is 22.5 Å². The molecule has 0 saturated heterocycles. The Bertz CT molecular complexity index is 946. The van der Waals surface area contributed by atoms with Crippen LogP contribution in [-0.4, -0.2) is 15.2 Å². The maximum absolute atomic E-state index is 6.00. The van der Waals surface area contributed by atoms with Gasteiger partial charge in [-0.3, -0.25) is 0 Å². The summed E-state index contributed by atoms with van der Waals surface area (Å²) < 4.78 is 5.65. The number of halogens is 1. The Morgan fingerprint density at radius 2 is 1.91 bits per heavy atom. The summed E-state index contributed by atoms with van der Waals surface area (Å²) in [7, 11) is 0. The number of fused-ring (bicyclic) bond motifs is 1. The number of anilines is 1. The van der Waals surface area contributed by atoms with Gasteiger partial charge in [0.2, 0.25) is 0 Å². The van der Waals surface area contributed by atoms with Gasteiger partial charge in [-0.2, -0.15) is 0 Å². The van der Waals surface area contributed by atoms with Crippen molar-refractivity contribution in [3.63, 3.8) is 0 Å². The first-order chi connectivity index (χ1) is 11.3. The second-order valence-electron chi connectivity index (χ2n) is 5.17. The Balaban J connectivity index is 1.54. The molecule has 2 heterocycles. The lowest BCUT2D eigenvalue weighted by molar-refractivity contribution is 0.579. The Morgan fingerprint density at radius 3 is 2.78 bits per heavy atom. The zero-order valence-corrected chi connectivity index (χ0v) is 12.8. The van der Waals surface area contributed by atoms with E-state index in [4.69, 9.17) is 16.0 Å². The topological polar surface area (TPSA) is 66.7 Å². The molecule has 0 spiro atoms. The number of hydrogen-bond donors (Lipinski definition) is 2. The van der Waals surface area contributed by atoms with E-state index in [1.54, 1.807) is 0 Å². The van der Waals surface area contributed by atoms with Crippen LogP contribution in [0.1, 0.15) is 5.56 Å². The van der Waals surface area contributed by atoms with E-state index in [9.17, 15) is 0 Å². The number of nitrogens with zero attached hydrogens (tertiary/aromatic N) is 2. The van der Waals surface area contributed by atoms with E-state index in [0.29, 0.717) is 23.5 Å². The number of aromatic amines is 1. The highest BCUT2D eigenvalue weighted by atomic mass is 35.5. The summed E-state index contributed by atoms with van der Waals surface area (Å²) in [6.07, 6.45) is 0. The number of hydrogen-bond acceptors (Lipinski definition) is 4. The van der Waals surface area contributed by atoms with Crippen LogP contribution in [-0.2, 0) is 6.54 Å². The molecule has 0 saturated carbocycles. The van der Waals surface area contributed by atoms with Crippen molar-refractivity contribution in [2.45, 2.75) is 6.54 Å².